The van der Waals surface area contributed by atoms with Crippen LogP contribution in [0.25, 0.3) is 0 Å². The van der Waals surface area contributed by atoms with E-state index in [2.05, 4.69) is 16.0 Å². The summed E-state index contributed by atoms with van der Waals surface area (Å²) in [6.07, 6.45) is 4.35. The summed E-state index contributed by atoms with van der Waals surface area (Å²) < 4.78 is 5.77. The predicted molar refractivity (Wildman–Crippen MR) is 84.1 cm³/mol. The molecule has 0 aromatic carbocycles. The van der Waals surface area contributed by atoms with Crippen LogP contribution in [-0.4, -0.2) is 61.1 Å². The maximum absolute atomic E-state index is 12.0. The summed E-state index contributed by atoms with van der Waals surface area (Å²) in [7, 11) is 3.65. The quantitative estimate of drug-likeness (QED) is 0.840. The number of hydrogen-bond acceptors (Lipinski definition) is 4. The lowest BCUT2D eigenvalue weighted by Crippen LogP contribution is -2.38. The van der Waals surface area contributed by atoms with Gasteiger partial charge in [-0.3, -0.25) is 14.7 Å². The number of aromatic nitrogens is 1. The van der Waals surface area contributed by atoms with Gasteiger partial charge in [0.2, 0.25) is 5.91 Å². The first-order valence-corrected chi connectivity index (χ1v) is 8.02. The van der Waals surface area contributed by atoms with E-state index in [9.17, 15) is 4.79 Å². The first-order chi connectivity index (χ1) is 10.6. The van der Waals surface area contributed by atoms with E-state index in [1.54, 1.807) is 4.90 Å². The van der Waals surface area contributed by atoms with Crippen molar-refractivity contribution in [3.63, 3.8) is 0 Å². The largest absolute Gasteiger partial charge is 0.381 e. The van der Waals surface area contributed by atoms with Crippen LogP contribution in [-0.2, 0) is 16.1 Å². The van der Waals surface area contributed by atoms with Gasteiger partial charge in [-0.2, -0.15) is 0 Å². The number of rotatable bonds is 4. The molecule has 3 atom stereocenters. The Labute approximate surface area is 132 Å². The third-order valence-electron chi connectivity index (χ3n) is 4.90. The van der Waals surface area contributed by atoms with Crippen LogP contribution in [0.15, 0.2) is 24.5 Å². The van der Waals surface area contributed by atoms with Crippen molar-refractivity contribution in [2.45, 2.75) is 13.0 Å². The molecule has 2 aliphatic heterocycles. The van der Waals surface area contributed by atoms with Crippen molar-refractivity contribution in [3.8, 4) is 0 Å². The highest BCUT2D eigenvalue weighted by molar-refractivity contribution is 5.75. The molecule has 3 rings (SSSR count). The monoisotopic (exact) mass is 303 g/mol. The molecule has 120 valence electrons. The molecule has 2 aliphatic rings. The standard InChI is InChI=1S/C17H25N3O2/c1-19(2)17(21)6-14-11-22-12-15-9-20(10-16(14)15)8-13-4-3-5-18-7-13/h3-5,7,14-16H,6,8-12H2,1-2H3/t14-,15-,16+/m1/s1. The highest BCUT2D eigenvalue weighted by Gasteiger charge is 2.41. The third-order valence-corrected chi connectivity index (χ3v) is 4.90. The molecule has 1 aromatic rings. The molecule has 0 N–H and O–H groups in total. The Morgan fingerprint density at radius 2 is 2.27 bits per heavy atom. The van der Waals surface area contributed by atoms with E-state index < -0.39 is 0 Å². The Bertz CT molecular complexity index is 506. The van der Waals surface area contributed by atoms with Crippen molar-refractivity contribution in [3.05, 3.63) is 30.1 Å². The molecule has 0 unspecified atom stereocenters. The molecule has 5 nitrogen and oxygen atoms in total. The highest BCUT2D eigenvalue weighted by atomic mass is 16.5. The number of pyridine rings is 1. The Balaban J connectivity index is 1.61. The van der Waals surface area contributed by atoms with E-state index >= 15 is 0 Å². The third kappa shape index (κ3) is 3.47. The average Bonchev–Trinajstić information content (AvgIpc) is 2.91. The number of likely N-dealkylation sites (tertiary alicyclic amines) is 1. The second kappa shape index (κ2) is 6.75. The molecule has 0 aliphatic carbocycles. The van der Waals surface area contributed by atoms with E-state index in [1.165, 1.54) is 5.56 Å². The van der Waals surface area contributed by atoms with E-state index in [0.717, 1.165) is 32.8 Å². The molecular weight excluding hydrogens is 278 g/mol. The Morgan fingerprint density at radius 1 is 1.41 bits per heavy atom. The summed E-state index contributed by atoms with van der Waals surface area (Å²) in [6.45, 7) is 4.62. The van der Waals surface area contributed by atoms with Crippen molar-refractivity contribution in [2.75, 3.05) is 40.4 Å². The van der Waals surface area contributed by atoms with Crippen LogP contribution < -0.4 is 0 Å². The topological polar surface area (TPSA) is 45.7 Å². The van der Waals surface area contributed by atoms with Gasteiger partial charge in [0, 0.05) is 52.5 Å². The predicted octanol–water partition coefficient (Wildman–Crippen LogP) is 1.25. The lowest BCUT2D eigenvalue weighted by Gasteiger charge is -2.33. The van der Waals surface area contributed by atoms with Gasteiger partial charge in [-0.05, 0) is 29.4 Å². The van der Waals surface area contributed by atoms with Gasteiger partial charge in [0.25, 0.3) is 0 Å². The summed E-state index contributed by atoms with van der Waals surface area (Å²) in [4.78, 5) is 20.4. The van der Waals surface area contributed by atoms with Gasteiger partial charge in [-0.25, -0.2) is 0 Å². The molecule has 5 heteroatoms. The summed E-state index contributed by atoms with van der Waals surface area (Å²) in [5.41, 5.74) is 1.25. The second-order valence-electron chi connectivity index (χ2n) is 6.77. The molecule has 0 saturated carbocycles. The first-order valence-electron chi connectivity index (χ1n) is 8.02. The molecule has 22 heavy (non-hydrogen) atoms. The zero-order valence-electron chi connectivity index (χ0n) is 13.4. The van der Waals surface area contributed by atoms with Crippen molar-refractivity contribution >= 4 is 5.91 Å². The average molecular weight is 303 g/mol. The summed E-state index contributed by atoms with van der Waals surface area (Å²) >= 11 is 0. The fourth-order valence-corrected chi connectivity index (χ4v) is 3.69. The summed E-state index contributed by atoms with van der Waals surface area (Å²) in [5.74, 6) is 1.70. The molecule has 1 amide bonds. The minimum atomic E-state index is 0.208. The van der Waals surface area contributed by atoms with Crippen LogP contribution in [0.1, 0.15) is 12.0 Å². The number of fused-ring (bicyclic) bond motifs is 1. The molecular formula is C17H25N3O2. The van der Waals surface area contributed by atoms with Crippen LogP contribution in [0.2, 0.25) is 0 Å². The maximum Gasteiger partial charge on any atom is 0.222 e. The Kier molecular flexibility index (Phi) is 4.74. The van der Waals surface area contributed by atoms with E-state index in [4.69, 9.17) is 4.74 Å². The maximum atomic E-state index is 12.0. The van der Waals surface area contributed by atoms with Crippen LogP contribution in [0.4, 0.5) is 0 Å². The van der Waals surface area contributed by atoms with E-state index in [-0.39, 0.29) is 5.91 Å². The summed E-state index contributed by atoms with van der Waals surface area (Å²) in [6, 6.07) is 4.11. The zero-order valence-corrected chi connectivity index (χ0v) is 13.4. The molecule has 3 heterocycles. The Morgan fingerprint density at radius 3 is 3.00 bits per heavy atom. The van der Waals surface area contributed by atoms with Crippen LogP contribution in [0.3, 0.4) is 0 Å². The van der Waals surface area contributed by atoms with Gasteiger partial charge in [0.05, 0.1) is 13.2 Å². The molecule has 0 radical (unpaired) electrons. The number of nitrogens with zero attached hydrogens (tertiary/aromatic N) is 3. The smallest absolute Gasteiger partial charge is 0.222 e. The van der Waals surface area contributed by atoms with E-state index in [0.29, 0.717) is 24.2 Å². The number of carbonyl (C=O) groups is 1. The van der Waals surface area contributed by atoms with Gasteiger partial charge in [0.15, 0.2) is 0 Å². The van der Waals surface area contributed by atoms with Crippen LogP contribution in [0, 0.1) is 17.8 Å². The van der Waals surface area contributed by atoms with E-state index in [1.807, 2.05) is 32.6 Å². The highest BCUT2D eigenvalue weighted by Crippen LogP contribution is 2.36. The summed E-state index contributed by atoms with van der Waals surface area (Å²) in [5, 5.41) is 0. The zero-order chi connectivity index (χ0) is 15.5. The molecule has 2 saturated heterocycles. The van der Waals surface area contributed by atoms with Crippen molar-refractivity contribution in [1.82, 2.24) is 14.8 Å². The Hall–Kier alpha value is -1.46. The van der Waals surface area contributed by atoms with Crippen LogP contribution in [0.5, 0.6) is 0 Å². The number of hydrogen-bond donors (Lipinski definition) is 0. The SMILES string of the molecule is CN(C)C(=O)C[C@@H]1COC[C@H]2CN(Cc3cccnc3)C[C@@H]12. The van der Waals surface area contributed by atoms with Gasteiger partial charge >= 0.3 is 0 Å². The normalized spacial score (nSPS) is 28.4. The number of ether oxygens (including phenoxy) is 1. The number of carbonyl (C=O) groups excluding carboxylic acids is 1. The second-order valence-corrected chi connectivity index (χ2v) is 6.77. The lowest BCUT2D eigenvalue weighted by atomic mass is 9.81. The van der Waals surface area contributed by atoms with Gasteiger partial charge in [-0.1, -0.05) is 6.07 Å². The van der Waals surface area contributed by atoms with Crippen molar-refractivity contribution in [2.24, 2.45) is 17.8 Å². The molecule has 2 fully saturated rings. The minimum absolute atomic E-state index is 0.208. The fraction of sp³-hybridized carbons (Fsp3) is 0.647. The minimum Gasteiger partial charge on any atom is -0.381 e. The van der Waals surface area contributed by atoms with Gasteiger partial charge in [0.1, 0.15) is 0 Å². The lowest BCUT2D eigenvalue weighted by molar-refractivity contribution is -0.132. The van der Waals surface area contributed by atoms with Crippen LogP contribution >= 0.6 is 0 Å². The molecule has 0 bridgehead atoms. The van der Waals surface area contributed by atoms with Gasteiger partial charge < -0.3 is 9.64 Å². The molecule has 1 aromatic heterocycles. The fourth-order valence-electron chi connectivity index (χ4n) is 3.69. The van der Waals surface area contributed by atoms with Gasteiger partial charge in [-0.15, -0.1) is 0 Å². The van der Waals surface area contributed by atoms with Crippen molar-refractivity contribution in [1.29, 1.82) is 0 Å². The first kappa shape index (κ1) is 15.4. The van der Waals surface area contributed by atoms with Crippen molar-refractivity contribution < 1.29 is 9.53 Å². The number of amides is 1. The molecule has 0 spiro atoms.